The average Bonchev–Trinajstić information content (AvgIpc) is 2.41. The summed E-state index contributed by atoms with van der Waals surface area (Å²) in [6, 6.07) is 0. The molecule has 1 aliphatic heterocycles. The minimum atomic E-state index is -3.11. The van der Waals surface area contributed by atoms with E-state index in [0.29, 0.717) is 6.42 Å². The Balaban J connectivity index is 2.36. The molecule has 1 aliphatic rings. The molecule has 0 spiro atoms. The van der Waals surface area contributed by atoms with E-state index in [0.717, 1.165) is 6.26 Å². The molecule has 0 aromatic heterocycles. The van der Waals surface area contributed by atoms with Crippen LogP contribution in [0.3, 0.4) is 0 Å². The van der Waals surface area contributed by atoms with Gasteiger partial charge in [-0.25, -0.2) is 16.8 Å². The van der Waals surface area contributed by atoms with Crippen LogP contribution in [0.4, 0.5) is 0 Å². The van der Waals surface area contributed by atoms with E-state index in [1.54, 1.807) is 0 Å². The van der Waals surface area contributed by atoms with E-state index in [9.17, 15) is 21.6 Å². The van der Waals surface area contributed by atoms with Crippen molar-refractivity contribution in [1.29, 1.82) is 0 Å². The zero-order chi connectivity index (χ0) is 12.4. The molecule has 5 nitrogen and oxygen atoms in total. The Kier molecular flexibility index (Phi) is 4.12. The second-order valence-electron chi connectivity index (χ2n) is 4.39. The molecule has 0 bridgehead atoms. The normalized spacial score (nSPS) is 24.4. The third-order valence-electron chi connectivity index (χ3n) is 2.59. The van der Waals surface area contributed by atoms with Gasteiger partial charge in [-0.1, -0.05) is 0 Å². The molecule has 0 amide bonds. The lowest BCUT2D eigenvalue weighted by Crippen LogP contribution is -2.14. The molecule has 94 valence electrons. The highest BCUT2D eigenvalue weighted by atomic mass is 32.2. The van der Waals surface area contributed by atoms with Crippen molar-refractivity contribution in [2.45, 2.75) is 19.3 Å². The maximum Gasteiger partial charge on any atom is 0.150 e. The molecule has 16 heavy (non-hydrogen) atoms. The van der Waals surface area contributed by atoms with Crippen LogP contribution in [-0.2, 0) is 24.5 Å². The van der Waals surface area contributed by atoms with Crippen LogP contribution in [0.2, 0.25) is 0 Å². The van der Waals surface area contributed by atoms with Crippen molar-refractivity contribution < 1.29 is 21.6 Å². The summed E-state index contributed by atoms with van der Waals surface area (Å²) in [4.78, 5) is 11.4. The first-order valence-electron chi connectivity index (χ1n) is 5.08. The number of Topliss-reactive ketones (excluding diaryl/α,β-unsaturated/α-hetero) is 1. The third-order valence-corrected chi connectivity index (χ3v) is 5.38. The molecule has 0 aromatic carbocycles. The molecular formula is C9H16O5S2. The fraction of sp³-hybridized carbons (Fsp3) is 0.889. The van der Waals surface area contributed by atoms with Crippen LogP contribution in [0, 0.1) is 5.92 Å². The third kappa shape index (κ3) is 5.07. The first-order valence-corrected chi connectivity index (χ1v) is 8.96. The van der Waals surface area contributed by atoms with Crippen molar-refractivity contribution in [1.82, 2.24) is 0 Å². The Morgan fingerprint density at radius 1 is 1.38 bits per heavy atom. The predicted octanol–water partition coefficient (Wildman–Crippen LogP) is -0.185. The number of hydrogen-bond acceptors (Lipinski definition) is 5. The number of rotatable bonds is 5. The maximum atomic E-state index is 11.4. The van der Waals surface area contributed by atoms with Gasteiger partial charge in [0.2, 0.25) is 0 Å². The molecule has 0 N–H and O–H groups in total. The van der Waals surface area contributed by atoms with Gasteiger partial charge in [0.1, 0.15) is 15.6 Å². The Hall–Kier alpha value is -0.430. The van der Waals surface area contributed by atoms with E-state index in [1.165, 1.54) is 0 Å². The second-order valence-corrected chi connectivity index (χ2v) is 8.88. The first-order chi connectivity index (χ1) is 7.18. The first kappa shape index (κ1) is 13.6. The highest BCUT2D eigenvalue weighted by molar-refractivity contribution is 7.91. The van der Waals surface area contributed by atoms with Gasteiger partial charge in [0.05, 0.1) is 17.3 Å². The van der Waals surface area contributed by atoms with Crippen LogP contribution in [0.25, 0.3) is 0 Å². The molecule has 1 heterocycles. The standard InChI is InChI=1S/C9H16O5S2/c1-15(11,12)4-3-9(10)6-8-2-5-16(13,14)7-8/h8H,2-7H2,1H3. The Morgan fingerprint density at radius 2 is 2.00 bits per heavy atom. The quantitative estimate of drug-likeness (QED) is 0.690. The SMILES string of the molecule is CS(=O)(=O)CCC(=O)CC1CCS(=O)(=O)C1. The van der Waals surface area contributed by atoms with Crippen molar-refractivity contribution in [3.63, 3.8) is 0 Å². The van der Waals surface area contributed by atoms with Gasteiger partial charge in [0.25, 0.3) is 0 Å². The second kappa shape index (κ2) is 4.83. The largest absolute Gasteiger partial charge is 0.300 e. The number of carbonyl (C=O) groups excluding carboxylic acids is 1. The highest BCUT2D eigenvalue weighted by Gasteiger charge is 2.29. The molecule has 0 aliphatic carbocycles. The van der Waals surface area contributed by atoms with Crippen LogP contribution in [0.5, 0.6) is 0 Å². The van der Waals surface area contributed by atoms with Gasteiger partial charge >= 0.3 is 0 Å². The van der Waals surface area contributed by atoms with Gasteiger partial charge in [-0.2, -0.15) is 0 Å². The van der Waals surface area contributed by atoms with Gasteiger partial charge in [0.15, 0.2) is 9.84 Å². The number of sulfone groups is 2. The zero-order valence-electron chi connectivity index (χ0n) is 9.18. The predicted molar refractivity (Wildman–Crippen MR) is 60.7 cm³/mol. The summed E-state index contributed by atoms with van der Waals surface area (Å²) in [5.41, 5.74) is 0. The number of ketones is 1. The van der Waals surface area contributed by atoms with Crippen molar-refractivity contribution >= 4 is 25.5 Å². The maximum absolute atomic E-state index is 11.4. The van der Waals surface area contributed by atoms with E-state index in [4.69, 9.17) is 0 Å². The van der Waals surface area contributed by atoms with E-state index >= 15 is 0 Å². The topological polar surface area (TPSA) is 85.3 Å². The van der Waals surface area contributed by atoms with Gasteiger partial charge in [-0.3, -0.25) is 4.79 Å². The molecule has 1 atom stereocenters. The summed E-state index contributed by atoms with van der Waals surface area (Å²) in [7, 11) is -6.07. The number of carbonyl (C=O) groups is 1. The van der Waals surface area contributed by atoms with E-state index in [2.05, 4.69) is 0 Å². The van der Waals surface area contributed by atoms with Crippen molar-refractivity contribution in [3.05, 3.63) is 0 Å². The summed E-state index contributed by atoms with van der Waals surface area (Å²) >= 11 is 0. The molecule has 0 radical (unpaired) electrons. The highest BCUT2D eigenvalue weighted by Crippen LogP contribution is 2.22. The minimum absolute atomic E-state index is 0.00458. The van der Waals surface area contributed by atoms with Gasteiger partial charge in [0, 0.05) is 19.1 Å². The minimum Gasteiger partial charge on any atom is -0.300 e. The lowest BCUT2D eigenvalue weighted by atomic mass is 10.0. The van der Waals surface area contributed by atoms with Crippen LogP contribution in [0.15, 0.2) is 0 Å². The molecule has 0 saturated carbocycles. The fourth-order valence-electron chi connectivity index (χ4n) is 1.76. The smallest absolute Gasteiger partial charge is 0.150 e. The molecule has 1 rings (SSSR count). The lowest BCUT2D eigenvalue weighted by Gasteiger charge is -2.05. The molecule has 1 fully saturated rings. The molecular weight excluding hydrogens is 252 g/mol. The fourth-order valence-corrected chi connectivity index (χ4v) is 4.22. The molecule has 1 unspecified atom stereocenters. The zero-order valence-corrected chi connectivity index (χ0v) is 10.8. The summed E-state index contributed by atoms with van der Waals surface area (Å²) in [6.45, 7) is 0. The van der Waals surface area contributed by atoms with Gasteiger partial charge < -0.3 is 0 Å². The average molecular weight is 268 g/mol. The van der Waals surface area contributed by atoms with E-state index in [-0.39, 0.29) is 41.8 Å². The number of hydrogen-bond donors (Lipinski definition) is 0. The molecule has 1 saturated heterocycles. The summed E-state index contributed by atoms with van der Waals surface area (Å²) in [6.07, 6.45) is 1.79. The Morgan fingerprint density at radius 3 is 2.44 bits per heavy atom. The van der Waals surface area contributed by atoms with E-state index in [1.807, 2.05) is 0 Å². The summed E-state index contributed by atoms with van der Waals surface area (Å²) < 4.78 is 43.9. The van der Waals surface area contributed by atoms with E-state index < -0.39 is 19.7 Å². The van der Waals surface area contributed by atoms with Crippen LogP contribution in [-0.4, -0.2) is 46.1 Å². The summed E-state index contributed by atoms with van der Waals surface area (Å²) in [5, 5.41) is 0. The van der Waals surface area contributed by atoms with Crippen LogP contribution < -0.4 is 0 Å². The van der Waals surface area contributed by atoms with Crippen LogP contribution in [0.1, 0.15) is 19.3 Å². The monoisotopic (exact) mass is 268 g/mol. The van der Waals surface area contributed by atoms with Crippen LogP contribution >= 0.6 is 0 Å². The van der Waals surface area contributed by atoms with Crippen molar-refractivity contribution in [2.24, 2.45) is 5.92 Å². The van der Waals surface area contributed by atoms with Gasteiger partial charge in [-0.05, 0) is 12.3 Å². The van der Waals surface area contributed by atoms with Crippen molar-refractivity contribution in [2.75, 3.05) is 23.5 Å². The Labute approximate surface area is 96.1 Å². The molecule has 7 heteroatoms. The lowest BCUT2D eigenvalue weighted by molar-refractivity contribution is -0.119. The van der Waals surface area contributed by atoms with Crippen molar-refractivity contribution in [3.8, 4) is 0 Å². The Bertz CT molecular complexity index is 460. The summed E-state index contributed by atoms with van der Waals surface area (Å²) in [5.74, 6) is -0.204. The molecule has 0 aromatic rings. The van der Waals surface area contributed by atoms with Gasteiger partial charge in [-0.15, -0.1) is 0 Å².